The first-order valence-corrected chi connectivity index (χ1v) is 26.5. The molecule has 75 heavy (non-hydrogen) atoms. The van der Waals surface area contributed by atoms with Crippen LogP contribution in [-0.4, -0.2) is 68.1 Å². The van der Waals surface area contributed by atoms with E-state index in [2.05, 4.69) is 258 Å². The van der Waals surface area contributed by atoms with Crippen molar-refractivity contribution >= 4 is 46.0 Å². The Bertz CT molecular complexity index is 2850. The minimum absolute atomic E-state index is 0.414. The fourth-order valence-corrected chi connectivity index (χ4v) is 7.67. The molecule has 4 aromatic heterocycles. The average Bonchev–Trinajstić information content (AvgIpc) is 3.45. The largest absolute Gasteiger partial charge is 0.329 e. The second-order valence-corrected chi connectivity index (χ2v) is 20.0. The van der Waals surface area contributed by atoms with Gasteiger partial charge in [-0.05, 0) is 115 Å². The van der Waals surface area contributed by atoms with E-state index in [1.807, 2.05) is 34.3 Å². The highest BCUT2D eigenvalue weighted by Crippen LogP contribution is 2.28. The average molecular weight is 1010 g/mol. The van der Waals surface area contributed by atoms with Crippen LogP contribution in [0, 0.1) is 6.92 Å². The van der Waals surface area contributed by atoms with Crippen LogP contribution in [0.15, 0.2) is 147 Å². The molecule has 8 rings (SSSR count). The van der Waals surface area contributed by atoms with Crippen LogP contribution < -0.4 is 19.6 Å². The third kappa shape index (κ3) is 17.2. The molecular weight excluding hydrogens is 925 g/mol. The lowest BCUT2D eigenvalue weighted by Gasteiger charge is -2.19. The molecule has 0 N–H and O–H groups in total. The normalized spacial score (nSPS) is 10.8. The lowest BCUT2D eigenvalue weighted by atomic mass is 10.1. The Morgan fingerprint density at radius 1 is 0.320 bits per heavy atom. The first-order valence-electron chi connectivity index (χ1n) is 26.5. The van der Waals surface area contributed by atoms with Crippen molar-refractivity contribution in [2.45, 2.75) is 126 Å². The van der Waals surface area contributed by atoms with Gasteiger partial charge < -0.3 is 19.6 Å². The molecule has 0 saturated heterocycles. The second kappa shape index (κ2) is 28.7. The number of nitrogens with zero attached hydrogens (tertiary/aromatic N) is 12. The molecule has 0 aliphatic carbocycles. The van der Waals surface area contributed by atoms with Crippen molar-refractivity contribution in [3.05, 3.63) is 192 Å². The number of hydrogen-bond acceptors (Lipinski definition) is 12. The molecule has 0 saturated carbocycles. The van der Waals surface area contributed by atoms with Gasteiger partial charge in [0.1, 0.15) is 48.6 Å². The van der Waals surface area contributed by atoms with Crippen LogP contribution in [0.25, 0.3) is 0 Å². The van der Waals surface area contributed by atoms with Gasteiger partial charge in [0, 0.05) is 98.0 Å². The molecule has 0 atom stereocenters. The van der Waals surface area contributed by atoms with Crippen LogP contribution in [0.4, 0.5) is 46.0 Å². The number of aryl methyl sites for hydroxylation is 4. The van der Waals surface area contributed by atoms with Crippen LogP contribution in [0.5, 0.6) is 0 Å². The van der Waals surface area contributed by atoms with E-state index in [9.17, 15) is 0 Å². The zero-order valence-corrected chi connectivity index (χ0v) is 47.7. The molecule has 12 heteroatoms. The summed E-state index contributed by atoms with van der Waals surface area (Å²) in [6, 6.07) is 42.3. The molecule has 0 bridgehead atoms. The van der Waals surface area contributed by atoms with Crippen LogP contribution in [-0.2, 0) is 19.3 Å². The molecule has 394 valence electrons. The van der Waals surface area contributed by atoms with Crippen molar-refractivity contribution in [3.63, 3.8) is 0 Å². The summed E-state index contributed by atoms with van der Waals surface area (Å²) in [5, 5.41) is 0. The first-order chi connectivity index (χ1) is 35.9. The van der Waals surface area contributed by atoms with E-state index in [-0.39, 0.29) is 0 Å². The van der Waals surface area contributed by atoms with Crippen molar-refractivity contribution in [3.8, 4) is 0 Å². The zero-order valence-electron chi connectivity index (χ0n) is 47.7. The smallest absolute Gasteiger partial charge is 0.136 e. The van der Waals surface area contributed by atoms with Crippen molar-refractivity contribution in [2.75, 3.05) is 47.8 Å². The maximum absolute atomic E-state index is 4.37. The summed E-state index contributed by atoms with van der Waals surface area (Å²) in [5.74, 6) is 5.39. The molecule has 0 unspecified atom stereocenters. The van der Waals surface area contributed by atoms with Gasteiger partial charge in [-0.3, -0.25) is 0 Å². The Labute approximate surface area is 449 Å². The summed E-state index contributed by atoms with van der Waals surface area (Å²) in [6.07, 6.45) is 9.72. The molecule has 0 aliphatic heterocycles. The highest BCUT2D eigenvalue weighted by atomic mass is 15.2. The Balaban J connectivity index is 0.000000185. The van der Waals surface area contributed by atoms with E-state index < -0.39 is 0 Å². The number of aromatic nitrogens is 8. The first kappa shape index (κ1) is 58.3. The highest BCUT2D eigenvalue weighted by Gasteiger charge is 2.13. The van der Waals surface area contributed by atoms with Crippen LogP contribution >= 0.6 is 0 Å². The Morgan fingerprint density at radius 3 is 0.880 bits per heavy atom. The number of benzene rings is 4. The molecule has 0 fully saturated rings. The van der Waals surface area contributed by atoms with Gasteiger partial charge in [-0.25, -0.2) is 39.9 Å². The maximum atomic E-state index is 4.37. The van der Waals surface area contributed by atoms with E-state index in [0.29, 0.717) is 23.7 Å². The lowest BCUT2D eigenvalue weighted by Crippen LogP contribution is -2.12. The van der Waals surface area contributed by atoms with E-state index in [0.717, 1.165) is 88.1 Å². The molecule has 4 aromatic carbocycles. The maximum Gasteiger partial charge on any atom is 0.136 e. The van der Waals surface area contributed by atoms with Crippen molar-refractivity contribution < 1.29 is 0 Å². The summed E-state index contributed by atoms with van der Waals surface area (Å²) >= 11 is 0. The fourth-order valence-electron chi connectivity index (χ4n) is 7.67. The van der Waals surface area contributed by atoms with Crippen molar-refractivity contribution in [1.82, 2.24) is 39.9 Å². The van der Waals surface area contributed by atoms with Gasteiger partial charge in [0.15, 0.2) is 0 Å². The molecule has 0 aliphatic rings. The monoisotopic (exact) mass is 1010 g/mol. The van der Waals surface area contributed by atoms with E-state index in [1.165, 1.54) is 22.3 Å². The third-order valence-electron chi connectivity index (χ3n) is 13.0. The van der Waals surface area contributed by atoms with Gasteiger partial charge in [-0.15, -0.1) is 0 Å². The molecular formula is C63H82N12. The number of anilines is 8. The Kier molecular flexibility index (Phi) is 22.3. The second-order valence-electron chi connectivity index (χ2n) is 20.0. The fraction of sp³-hybridized carbons (Fsp3) is 0.365. The Hall–Kier alpha value is -7.60. The zero-order chi connectivity index (χ0) is 54.6. The van der Waals surface area contributed by atoms with E-state index >= 15 is 0 Å². The number of rotatable bonds is 15. The van der Waals surface area contributed by atoms with Gasteiger partial charge in [0.25, 0.3) is 0 Å². The quantitative estimate of drug-likeness (QED) is 0.0973. The predicted octanol–water partition coefficient (Wildman–Crippen LogP) is 15.5. The molecule has 8 aromatic rings. The third-order valence-corrected chi connectivity index (χ3v) is 13.0. The van der Waals surface area contributed by atoms with Crippen LogP contribution in [0.3, 0.4) is 0 Å². The summed E-state index contributed by atoms with van der Waals surface area (Å²) in [4.78, 5) is 43.0. The summed E-state index contributed by atoms with van der Waals surface area (Å²) in [6.45, 7) is 25.7. The topological polar surface area (TPSA) is 116 Å². The molecule has 0 spiro atoms. The summed E-state index contributed by atoms with van der Waals surface area (Å²) in [7, 11) is 8.15. The minimum Gasteiger partial charge on any atom is -0.329 e. The van der Waals surface area contributed by atoms with Crippen LogP contribution in [0.1, 0.15) is 145 Å². The summed E-state index contributed by atoms with van der Waals surface area (Å²) in [5.41, 5.74) is 14.2. The SMILES string of the molecule is CCc1ccc(N(C)c2cc(C(C)C)ncn2)cc1.CCc1cccc(N(C)c2cc(C(C)C)ncn2)c1.CCc1cccc(N(C)c2cc(C(C)C)ncn2)c1.Cc1ccc(N(C)c2cc(C(C)C)ncn2)cc1. The molecule has 12 nitrogen and oxygen atoms in total. The number of hydrogen-bond donors (Lipinski definition) is 0. The van der Waals surface area contributed by atoms with E-state index in [1.54, 1.807) is 25.3 Å². The minimum atomic E-state index is 0.414. The van der Waals surface area contributed by atoms with Gasteiger partial charge in [-0.1, -0.05) is 130 Å². The highest BCUT2D eigenvalue weighted by molar-refractivity contribution is 5.63. The molecule has 0 amide bonds. The molecule has 4 heterocycles. The Morgan fingerprint density at radius 2 is 0.600 bits per heavy atom. The van der Waals surface area contributed by atoms with E-state index in [4.69, 9.17) is 0 Å². The van der Waals surface area contributed by atoms with Gasteiger partial charge in [-0.2, -0.15) is 0 Å². The van der Waals surface area contributed by atoms with Gasteiger partial charge in [0.2, 0.25) is 0 Å². The van der Waals surface area contributed by atoms with Gasteiger partial charge >= 0.3 is 0 Å². The standard InChI is InChI=1S/3C16H21N3.C15H19N3/c1-5-13-6-8-14(9-7-13)19(4)16-10-15(12(2)3)17-11-18-16;2*1-5-13-7-6-8-14(9-13)19(4)16-10-15(12(2)3)17-11-18-16;1-11(2)14-9-15(17-10-16-14)18(4)13-7-5-12(3)6-8-13/h3*6-12H,5H2,1-4H3;5-11H,1-4H3. The van der Waals surface area contributed by atoms with Crippen molar-refractivity contribution in [1.29, 1.82) is 0 Å². The summed E-state index contributed by atoms with van der Waals surface area (Å²) < 4.78 is 0. The lowest BCUT2D eigenvalue weighted by molar-refractivity contribution is 0.812. The van der Waals surface area contributed by atoms with Crippen LogP contribution in [0.2, 0.25) is 0 Å². The van der Waals surface area contributed by atoms with Crippen molar-refractivity contribution in [2.24, 2.45) is 0 Å². The predicted molar refractivity (Wildman–Crippen MR) is 315 cm³/mol. The van der Waals surface area contributed by atoms with Gasteiger partial charge in [0.05, 0.1) is 0 Å². The molecule has 0 radical (unpaired) electrons.